The zero-order chi connectivity index (χ0) is 25.4. The molecule has 0 bridgehead atoms. The van der Waals surface area contributed by atoms with Crippen molar-refractivity contribution in [3.63, 3.8) is 0 Å². The van der Waals surface area contributed by atoms with Crippen molar-refractivity contribution in [3.8, 4) is 0 Å². The van der Waals surface area contributed by atoms with Crippen LogP contribution in [0.25, 0.3) is 0 Å². The Hall–Kier alpha value is -3.81. The average molecular weight is 484 g/mol. The lowest BCUT2D eigenvalue weighted by atomic mass is 10.1. The van der Waals surface area contributed by atoms with E-state index in [0.29, 0.717) is 12.1 Å². The molecule has 184 valence electrons. The molecule has 2 aromatic carbocycles. The van der Waals surface area contributed by atoms with Crippen molar-refractivity contribution in [2.75, 3.05) is 13.1 Å². The van der Waals surface area contributed by atoms with Crippen LogP contribution in [0.1, 0.15) is 29.3 Å². The Labute approximate surface area is 203 Å². The molecule has 0 saturated heterocycles. The number of aromatic nitrogens is 1. The van der Waals surface area contributed by atoms with Crippen LogP contribution < -0.4 is 0 Å². The van der Waals surface area contributed by atoms with Crippen LogP contribution in [0.15, 0.2) is 85.6 Å². The molecule has 8 heteroatoms. The van der Waals surface area contributed by atoms with Crippen molar-refractivity contribution in [1.82, 2.24) is 14.4 Å². The van der Waals surface area contributed by atoms with Gasteiger partial charge in [-0.15, -0.1) is 6.58 Å². The number of alkyl halides is 3. The Morgan fingerprint density at radius 1 is 0.943 bits per heavy atom. The van der Waals surface area contributed by atoms with Gasteiger partial charge in [0.1, 0.15) is 6.54 Å². The van der Waals surface area contributed by atoms with Crippen LogP contribution in [0.2, 0.25) is 0 Å². The van der Waals surface area contributed by atoms with E-state index in [2.05, 4.69) is 6.58 Å². The van der Waals surface area contributed by atoms with Crippen molar-refractivity contribution in [3.05, 3.63) is 108 Å². The maximum atomic E-state index is 13.3. The van der Waals surface area contributed by atoms with E-state index in [1.165, 1.54) is 17.9 Å². The summed E-state index contributed by atoms with van der Waals surface area (Å²) in [4.78, 5) is 28.3. The number of rotatable bonds is 10. The van der Waals surface area contributed by atoms with Gasteiger partial charge < -0.3 is 14.4 Å². The maximum absolute atomic E-state index is 13.3. The highest BCUT2D eigenvalue weighted by Gasteiger charge is 2.30. The number of hydrogen-bond acceptors (Lipinski definition) is 2. The minimum absolute atomic E-state index is 0.0947. The third-order valence-corrected chi connectivity index (χ3v) is 5.57. The lowest BCUT2D eigenvalue weighted by molar-refractivity contribution is -0.139. The first kappa shape index (κ1) is 25.8. The van der Waals surface area contributed by atoms with E-state index in [4.69, 9.17) is 0 Å². The fourth-order valence-electron chi connectivity index (χ4n) is 3.75. The molecule has 3 rings (SSSR count). The lowest BCUT2D eigenvalue weighted by Gasteiger charge is -2.27. The molecule has 0 unspecified atom stereocenters. The number of halogens is 3. The second-order valence-electron chi connectivity index (χ2n) is 8.25. The van der Waals surface area contributed by atoms with Crippen LogP contribution >= 0.6 is 0 Å². The summed E-state index contributed by atoms with van der Waals surface area (Å²) in [7, 11) is 0. The number of carbonyl (C=O) groups is 2. The summed E-state index contributed by atoms with van der Waals surface area (Å²) in [5, 5.41) is 0. The fourth-order valence-corrected chi connectivity index (χ4v) is 3.75. The number of hydrogen-bond donors (Lipinski definition) is 0. The smallest absolute Gasteiger partial charge is 0.345 e. The van der Waals surface area contributed by atoms with Crippen molar-refractivity contribution in [1.29, 1.82) is 0 Å². The third kappa shape index (κ3) is 7.34. The van der Waals surface area contributed by atoms with E-state index >= 15 is 0 Å². The minimum atomic E-state index is -4.41. The van der Waals surface area contributed by atoms with Crippen molar-refractivity contribution >= 4 is 11.8 Å². The largest absolute Gasteiger partial charge is 0.416 e. The van der Waals surface area contributed by atoms with Crippen molar-refractivity contribution in [2.45, 2.75) is 32.7 Å². The molecule has 5 nitrogen and oxygen atoms in total. The number of nitrogens with zero attached hydrogens (tertiary/aromatic N) is 3. The lowest BCUT2D eigenvalue weighted by Crippen LogP contribution is -2.42. The molecule has 0 atom stereocenters. The second-order valence-corrected chi connectivity index (χ2v) is 8.25. The summed E-state index contributed by atoms with van der Waals surface area (Å²) in [6.45, 7) is 6.00. The molecule has 35 heavy (non-hydrogen) atoms. The Bertz CT molecular complexity index is 1160. The van der Waals surface area contributed by atoms with Gasteiger partial charge in [0.25, 0.3) is 0 Å². The number of carbonyl (C=O) groups excluding carboxylic acids is 2. The topological polar surface area (TPSA) is 45.6 Å². The van der Waals surface area contributed by atoms with Crippen molar-refractivity contribution in [2.24, 2.45) is 0 Å². The molecule has 0 saturated carbocycles. The summed E-state index contributed by atoms with van der Waals surface area (Å²) < 4.78 is 41.2. The van der Waals surface area contributed by atoms with Crippen LogP contribution in [0.5, 0.6) is 0 Å². The van der Waals surface area contributed by atoms with E-state index < -0.39 is 11.7 Å². The summed E-state index contributed by atoms with van der Waals surface area (Å²) in [5.41, 5.74) is 1.50. The van der Waals surface area contributed by atoms with Gasteiger partial charge >= 0.3 is 6.18 Å². The molecule has 0 aliphatic rings. The van der Waals surface area contributed by atoms with Gasteiger partial charge in [-0.1, -0.05) is 48.5 Å². The Morgan fingerprint density at radius 3 is 2.31 bits per heavy atom. The van der Waals surface area contributed by atoms with E-state index in [-0.39, 0.29) is 38.0 Å². The molecule has 0 fully saturated rings. The minimum Gasteiger partial charge on any atom is -0.345 e. The summed E-state index contributed by atoms with van der Waals surface area (Å²) >= 11 is 0. The van der Waals surface area contributed by atoms with E-state index in [1.54, 1.807) is 29.3 Å². The van der Waals surface area contributed by atoms with Gasteiger partial charge in [0.2, 0.25) is 11.8 Å². The summed E-state index contributed by atoms with van der Waals surface area (Å²) in [6.07, 6.45) is -1.07. The molecule has 1 heterocycles. The second kappa shape index (κ2) is 11.6. The van der Waals surface area contributed by atoms with Crippen LogP contribution in [-0.2, 0) is 35.4 Å². The number of amides is 2. The molecule has 1 aromatic heterocycles. The molecule has 3 aromatic rings. The monoisotopic (exact) mass is 483 g/mol. The van der Waals surface area contributed by atoms with Gasteiger partial charge in [-0.25, -0.2) is 0 Å². The Morgan fingerprint density at radius 2 is 1.66 bits per heavy atom. The Kier molecular flexibility index (Phi) is 8.52. The number of benzene rings is 2. The summed E-state index contributed by atoms with van der Waals surface area (Å²) in [5.74, 6) is -0.469. The molecule has 0 aliphatic carbocycles. The van der Waals surface area contributed by atoms with Gasteiger partial charge in [-0.2, -0.15) is 13.2 Å². The third-order valence-electron chi connectivity index (χ3n) is 5.57. The van der Waals surface area contributed by atoms with E-state index in [1.807, 2.05) is 41.0 Å². The van der Waals surface area contributed by atoms with Crippen LogP contribution in [0.4, 0.5) is 13.2 Å². The average Bonchev–Trinajstić information content (AvgIpc) is 3.25. The van der Waals surface area contributed by atoms with Crippen LogP contribution in [-0.4, -0.2) is 39.3 Å². The highest BCUT2D eigenvalue weighted by Crippen LogP contribution is 2.29. The van der Waals surface area contributed by atoms with E-state index in [9.17, 15) is 22.8 Å². The van der Waals surface area contributed by atoms with Crippen LogP contribution in [0, 0.1) is 0 Å². The molecular formula is C27H28F3N3O2. The first-order chi connectivity index (χ1) is 16.7. The molecule has 0 aliphatic heterocycles. The van der Waals surface area contributed by atoms with E-state index in [0.717, 1.165) is 23.4 Å². The van der Waals surface area contributed by atoms with Crippen LogP contribution in [0.3, 0.4) is 0 Å². The molecule has 0 radical (unpaired) electrons. The van der Waals surface area contributed by atoms with Gasteiger partial charge in [0, 0.05) is 38.4 Å². The summed E-state index contributed by atoms with van der Waals surface area (Å²) in [6, 6.07) is 18.3. The van der Waals surface area contributed by atoms with Gasteiger partial charge in [-0.3, -0.25) is 9.59 Å². The predicted molar refractivity (Wildman–Crippen MR) is 128 cm³/mol. The fraction of sp³-hybridized carbons (Fsp3) is 0.259. The zero-order valence-electron chi connectivity index (χ0n) is 19.5. The quantitative estimate of drug-likeness (QED) is 0.376. The maximum Gasteiger partial charge on any atom is 0.416 e. The SMILES string of the molecule is C=CCN(CC(=O)N(Cc1ccccc1)Cc1cccn1Cc1cccc(C(F)(F)F)c1)C(C)=O. The highest BCUT2D eigenvalue weighted by atomic mass is 19.4. The molecule has 0 N–H and O–H groups in total. The van der Waals surface area contributed by atoms with Crippen molar-refractivity contribution < 1.29 is 22.8 Å². The molecule has 2 amide bonds. The normalized spacial score (nSPS) is 11.2. The first-order valence-corrected chi connectivity index (χ1v) is 11.2. The first-order valence-electron chi connectivity index (χ1n) is 11.2. The van der Waals surface area contributed by atoms with Gasteiger partial charge in [-0.05, 0) is 35.4 Å². The molecule has 0 spiro atoms. The molecular weight excluding hydrogens is 455 g/mol. The van der Waals surface area contributed by atoms with Gasteiger partial charge in [0.15, 0.2) is 0 Å². The zero-order valence-corrected chi connectivity index (χ0v) is 19.5. The standard InChI is InChI=1S/C27H28F3N3O2/c1-3-14-31(21(2)34)20-26(35)33(17-22-9-5-4-6-10-22)19-25-13-8-15-32(25)18-23-11-7-12-24(16-23)27(28,29)30/h3-13,15-16H,1,14,17-20H2,2H3. The predicted octanol–water partition coefficient (Wildman–Crippen LogP) is 5.12. The Balaban J connectivity index is 1.83. The van der Waals surface area contributed by atoms with Gasteiger partial charge in [0.05, 0.1) is 12.1 Å². The highest BCUT2D eigenvalue weighted by molar-refractivity contribution is 5.84.